The van der Waals surface area contributed by atoms with Gasteiger partial charge in [0.1, 0.15) is 0 Å². The number of likely N-dealkylation sites (N-methyl/N-ethyl adjacent to an activating group) is 1. The third-order valence-electron chi connectivity index (χ3n) is 4.52. The van der Waals surface area contributed by atoms with Crippen molar-refractivity contribution in [3.05, 3.63) is 35.9 Å². The number of aliphatic hydroxyl groups is 1. The number of carbonyl (C=O) groups excluding carboxylic acids is 1. The first kappa shape index (κ1) is 13.6. The highest BCUT2D eigenvalue weighted by Crippen LogP contribution is 2.43. The molecule has 2 saturated carbocycles. The molecule has 3 heteroatoms. The van der Waals surface area contributed by atoms with Crippen LogP contribution in [0.5, 0.6) is 0 Å². The largest absolute Gasteiger partial charge is 0.391 e. The van der Waals surface area contributed by atoms with Gasteiger partial charge in [-0.25, -0.2) is 0 Å². The first-order chi connectivity index (χ1) is 9.66. The molecule has 0 radical (unpaired) electrons. The molecule has 3 nitrogen and oxygen atoms in total. The summed E-state index contributed by atoms with van der Waals surface area (Å²) < 4.78 is 0. The molecule has 1 N–H and O–H groups in total. The Morgan fingerprint density at radius 1 is 1.20 bits per heavy atom. The zero-order valence-electron chi connectivity index (χ0n) is 12.0. The SMILES string of the molecule is CN(CC(O)C1CC1)C(=O)C(c1ccccc1)C1CC1. The van der Waals surface area contributed by atoms with Crippen LogP contribution >= 0.6 is 0 Å². The average molecular weight is 273 g/mol. The third-order valence-corrected chi connectivity index (χ3v) is 4.52. The molecular weight excluding hydrogens is 250 g/mol. The number of hydrogen-bond acceptors (Lipinski definition) is 2. The Morgan fingerprint density at radius 2 is 1.80 bits per heavy atom. The van der Waals surface area contributed by atoms with Crippen LogP contribution in [-0.4, -0.2) is 35.6 Å². The fourth-order valence-corrected chi connectivity index (χ4v) is 2.94. The highest BCUT2D eigenvalue weighted by molar-refractivity contribution is 5.84. The molecule has 108 valence electrons. The second-order valence-electron chi connectivity index (χ2n) is 6.35. The Bertz CT molecular complexity index is 465. The van der Waals surface area contributed by atoms with Crippen molar-refractivity contribution in [1.82, 2.24) is 4.90 Å². The first-order valence-corrected chi connectivity index (χ1v) is 7.65. The standard InChI is InChI=1S/C17H23NO2/c1-18(11-15(19)12-7-8-12)17(20)16(14-9-10-14)13-5-3-2-4-6-13/h2-6,12,14-16,19H,7-11H2,1H3. The van der Waals surface area contributed by atoms with E-state index in [1.54, 1.807) is 4.90 Å². The molecule has 20 heavy (non-hydrogen) atoms. The highest BCUT2D eigenvalue weighted by Gasteiger charge is 2.39. The Morgan fingerprint density at radius 3 is 2.35 bits per heavy atom. The van der Waals surface area contributed by atoms with E-state index >= 15 is 0 Å². The number of amides is 1. The maximum absolute atomic E-state index is 12.7. The van der Waals surface area contributed by atoms with Crippen molar-refractivity contribution >= 4 is 5.91 Å². The van der Waals surface area contributed by atoms with Gasteiger partial charge in [0.25, 0.3) is 0 Å². The van der Waals surface area contributed by atoms with E-state index in [2.05, 4.69) is 0 Å². The van der Waals surface area contributed by atoms with Gasteiger partial charge in [0.15, 0.2) is 0 Å². The van der Waals surface area contributed by atoms with Crippen molar-refractivity contribution in [1.29, 1.82) is 0 Å². The zero-order chi connectivity index (χ0) is 14.1. The quantitative estimate of drug-likeness (QED) is 0.864. The van der Waals surface area contributed by atoms with Crippen molar-refractivity contribution in [2.75, 3.05) is 13.6 Å². The van der Waals surface area contributed by atoms with Gasteiger partial charge in [-0.3, -0.25) is 4.79 Å². The summed E-state index contributed by atoms with van der Waals surface area (Å²) in [7, 11) is 1.83. The van der Waals surface area contributed by atoms with Gasteiger partial charge in [0.05, 0.1) is 12.0 Å². The van der Waals surface area contributed by atoms with Crippen LogP contribution < -0.4 is 0 Å². The van der Waals surface area contributed by atoms with Crippen LogP contribution in [0.3, 0.4) is 0 Å². The van der Waals surface area contributed by atoms with Gasteiger partial charge >= 0.3 is 0 Å². The molecule has 0 heterocycles. The lowest BCUT2D eigenvalue weighted by Crippen LogP contribution is -2.38. The molecule has 0 bridgehead atoms. The number of carbonyl (C=O) groups is 1. The average Bonchev–Trinajstić information content (AvgIpc) is 3.31. The van der Waals surface area contributed by atoms with Gasteiger partial charge in [-0.2, -0.15) is 0 Å². The van der Waals surface area contributed by atoms with Crippen molar-refractivity contribution in [3.63, 3.8) is 0 Å². The Balaban J connectivity index is 1.69. The summed E-state index contributed by atoms with van der Waals surface area (Å²) in [5.41, 5.74) is 1.12. The summed E-state index contributed by atoms with van der Waals surface area (Å²) in [4.78, 5) is 14.5. The minimum atomic E-state index is -0.348. The molecule has 0 spiro atoms. The maximum atomic E-state index is 12.7. The van der Waals surface area contributed by atoms with Gasteiger partial charge in [-0.1, -0.05) is 30.3 Å². The predicted octanol–water partition coefficient (Wildman–Crippen LogP) is 2.41. The predicted molar refractivity (Wildman–Crippen MR) is 78.3 cm³/mol. The van der Waals surface area contributed by atoms with Crippen LogP contribution in [0.2, 0.25) is 0 Å². The number of benzene rings is 1. The monoisotopic (exact) mass is 273 g/mol. The Labute approximate surface area is 120 Å². The molecule has 2 atom stereocenters. The molecule has 2 aliphatic carbocycles. The fourth-order valence-electron chi connectivity index (χ4n) is 2.94. The Hall–Kier alpha value is -1.35. The summed E-state index contributed by atoms with van der Waals surface area (Å²) in [6.45, 7) is 0.472. The van der Waals surface area contributed by atoms with Crippen LogP contribution in [0.15, 0.2) is 30.3 Å². The molecule has 1 aromatic rings. The van der Waals surface area contributed by atoms with Crippen LogP contribution in [0.4, 0.5) is 0 Å². The summed E-state index contributed by atoms with van der Waals surface area (Å²) in [5.74, 6) is 1.05. The van der Waals surface area contributed by atoms with E-state index in [4.69, 9.17) is 0 Å². The number of aliphatic hydroxyl groups excluding tert-OH is 1. The lowest BCUT2D eigenvalue weighted by atomic mass is 9.92. The fraction of sp³-hybridized carbons (Fsp3) is 0.588. The highest BCUT2D eigenvalue weighted by atomic mass is 16.3. The van der Waals surface area contributed by atoms with Gasteiger partial charge in [0.2, 0.25) is 5.91 Å². The molecule has 2 unspecified atom stereocenters. The first-order valence-electron chi connectivity index (χ1n) is 7.65. The molecule has 3 rings (SSSR count). The number of hydrogen-bond donors (Lipinski definition) is 1. The zero-order valence-corrected chi connectivity index (χ0v) is 12.0. The lowest BCUT2D eigenvalue weighted by molar-refractivity contribution is -0.133. The van der Waals surface area contributed by atoms with E-state index in [0.717, 1.165) is 31.2 Å². The minimum Gasteiger partial charge on any atom is -0.391 e. The van der Waals surface area contributed by atoms with Crippen molar-refractivity contribution in [3.8, 4) is 0 Å². The molecule has 0 saturated heterocycles. The molecule has 0 aliphatic heterocycles. The summed E-state index contributed by atoms with van der Waals surface area (Å²) >= 11 is 0. The molecule has 1 aromatic carbocycles. The maximum Gasteiger partial charge on any atom is 0.230 e. The topological polar surface area (TPSA) is 40.5 Å². The van der Waals surface area contributed by atoms with Gasteiger partial charge in [-0.05, 0) is 43.1 Å². The van der Waals surface area contributed by atoms with Crippen molar-refractivity contribution < 1.29 is 9.90 Å². The Kier molecular flexibility index (Phi) is 3.79. The van der Waals surface area contributed by atoms with Gasteiger partial charge in [-0.15, -0.1) is 0 Å². The van der Waals surface area contributed by atoms with Crippen molar-refractivity contribution in [2.24, 2.45) is 11.8 Å². The molecule has 1 amide bonds. The van der Waals surface area contributed by atoms with Crippen LogP contribution in [-0.2, 0) is 4.79 Å². The normalized spacial score (nSPS) is 21.3. The smallest absolute Gasteiger partial charge is 0.230 e. The van der Waals surface area contributed by atoms with Crippen LogP contribution in [0.25, 0.3) is 0 Å². The van der Waals surface area contributed by atoms with Crippen LogP contribution in [0.1, 0.15) is 37.2 Å². The van der Waals surface area contributed by atoms with E-state index in [0.29, 0.717) is 18.4 Å². The third kappa shape index (κ3) is 3.04. The van der Waals surface area contributed by atoms with Gasteiger partial charge < -0.3 is 10.0 Å². The van der Waals surface area contributed by atoms with Crippen molar-refractivity contribution in [2.45, 2.75) is 37.7 Å². The van der Waals surface area contributed by atoms with Crippen LogP contribution in [0, 0.1) is 11.8 Å². The summed E-state index contributed by atoms with van der Waals surface area (Å²) in [5, 5.41) is 10.0. The molecule has 2 fully saturated rings. The minimum absolute atomic E-state index is 0.0207. The molecular formula is C17H23NO2. The second-order valence-corrected chi connectivity index (χ2v) is 6.35. The van der Waals surface area contributed by atoms with E-state index in [1.165, 1.54) is 0 Å². The molecule has 0 aromatic heterocycles. The van der Waals surface area contributed by atoms with E-state index in [9.17, 15) is 9.90 Å². The second kappa shape index (κ2) is 5.57. The lowest BCUT2D eigenvalue weighted by Gasteiger charge is -2.26. The summed E-state index contributed by atoms with van der Waals surface area (Å²) in [6, 6.07) is 10.1. The van der Waals surface area contributed by atoms with E-state index in [-0.39, 0.29) is 17.9 Å². The number of rotatable bonds is 6. The summed E-state index contributed by atoms with van der Waals surface area (Å²) in [6.07, 6.45) is 4.15. The number of nitrogens with zero attached hydrogens (tertiary/aromatic N) is 1. The van der Waals surface area contributed by atoms with E-state index < -0.39 is 0 Å². The van der Waals surface area contributed by atoms with Gasteiger partial charge in [0, 0.05) is 13.6 Å². The van der Waals surface area contributed by atoms with E-state index in [1.807, 2.05) is 37.4 Å². The molecule has 2 aliphatic rings.